The zero-order valence-corrected chi connectivity index (χ0v) is 8.80. The number of aromatic amines is 1. The lowest BCUT2D eigenvalue weighted by Crippen LogP contribution is -2.01. The molecule has 1 heterocycles. The van der Waals surface area contributed by atoms with Crippen LogP contribution in [0.15, 0.2) is 29.3 Å². The van der Waals surface area contributed by atoms with E-state index in [0.29, 0.717) is 5.52 Å². The molecule has 0 atom stereocenters. The third-order valence-corrected chi connectivity index (χ3v) is 3.34. The van der Waals surface area contributed by atoms with Crippen molar-refractivity contribution in [1.82, 2.24) is 4.98 Å². The first-order valence-corrected chi connectivity index (χ1v) is 6.13. The van der Waals surface area contributed by atoms with Crippen molar-refractivity contribution < 1.29 is 8.42 Å². The van der Waals surface area contributed by atoms with Gasteiger partial charge in [0.15, 0.2) is 9.84 Å². The van der Waals surface area contributed by atoms with Crippen LogP contribution < -0.4 is 0 Å². The Bertz CT molecular complexity index is 662. The topological polar surface area (TPSA) is 73.7 Å². The van der Waals surface area contributed by atoms with Gasteiger partial charge in [-0.2, -0.15) is 5.26 Å². The largest absolute Gasteiger partial charge is 0.360 e. The number of sulfone groups is 1. The Morgan fingerprint density at radius 1 is 1.33 bits per heavy atom. The van der Waals surface area contributed by atoms with Gasteiger partial charge in [0.1, 0.15) is 11.0 Å². The second kappa shape index (κ2) is 3.11. The van der Waals surface area contributed by atoms with E-state index < -0.39 is 9.84 Å². The summed E-state index contributed by atoms with van der Waals surface area (Å²) in [4.78, 5) is 2.92. The van der Waals surface area contributed by atoms with Gasteiger partial charge >= 0.3 is 0 Å². The van der Waals surface area contributed by atoms with Crippen LogP contribution in [0.1, 0.15) is 5.56 Å². The normalized spacial score (nSPS) is 11.5. The predicted octanol–water partition coefficient (Wildman–Crippen LogP) is 1.44. The number of nitriles is 1. The lowest BCUT2D eigenvalue weighted by molar-refractivity contribution is 0.602. The van der Waals surface area contributed by atoms with Gasteiger partial charge in [-0.1, -0.05) is 6.07 Å². The highest BCUT2D eigenvalue weighted by Crippen LogP contribution is 2.25. The molecule has 1 aromatic heterocycles. The summed E-state index contributed by atoms with van der Waals surface area (Å²) < 4.78 is 23.1. The van der Waals surface area contributed by atoms with Gasteiger partial charge < -0.3 is 4.98 Å². The zero-order valence-electron chi connectivity index (χ0n) is 7.98. The molecule has 0 fully saturated rings. The first kappa shape index (κ1) is 9.74. The number of H-pyrrole nitrogens is 1. The molecule has 0 saturated carbocycles. The molecule has 0 aliphatic rings. The number of nitrogens with zero attached hydrogens (tertiary/aromatic N) is 1. The lowest BCUT2D eigenvalue weighted by Gasteiger charge is -2.02. The van der Waals surface area contributed by atoms with E-state index in [1.54, 1.807) is 18.3 Å². The SMILES string of the molecule is CS(=O)(=O)c1c(C#N)ccc2cc[nH]c12. The molecule has 1 N–H and O–H groups in total. The molecular formula is C10H8N2O2S. The van der Waals surface area contributed by atoms with Crippen LogP contribution in [0.25, 0.3) is 10.9 Å². The van der Waals surface area contributed by atoms with Crippen LogP contribution in [-0.4, -0.2) is 19.7 Å². The van der Waals surface area contributed by atoms with Crippen LogP contribution in [0.2, 0.25) is 0 Å². The summed E-state index contributed by atoms with van der Waals surface area (Å²) in [7, 11) is -3.40. The quantitative estimate of drug-likeness (QED) is 0.790. The van der Waals surface area contributed by atoms with Gasteiger partial charge in [0.2, 0.25) is 0 Å². The minimum absolute atomic E-state index is 0.0764. The van der Waals surface area contributed by atoms with E-state index in [9.17, 15) is 8.42 Å². The van der Waals surface area contributed by atoms with Crippen LogP contribution in [-0.2, 0) is 9.84 Å². The molecule has 5 heteroatoms. The van der Waals surface area contributed by atoms with E-state index in [4.69, 9.17) is 5.26 Å². The molecule has 0 radical (unpaired) electrons. The van der Waals surface area contributed by atoms with E-state index in [0.717, 1.165) is 11.6 Å². The highest BCUT2D eigenvalue weighted by Gasteiger charge is 2.17. The molecule has 0 bridgehead atoms. The fourth-order valence-electron chi connectivity index (χ4n) is 1.57. The highest BCUT2D eigenvalue weighted by atomic mass is 32.2. The van der Waals surface area contributed by atoms with E-state index in [2.05, 4.69) is 4.98 Å². The van der Waals surface area contributed by atoms with Gasteiger partial charge in [0.05, 0.1) is 11.1 Å². The van der Waals surface area contributed by atoms with Crippen LogP contribution >= 0.6 is 0 Å². The Hall–Kier alpha value is -1.80. The fourth-order valence-corrected chi connectivity index (χ4v) is 2.63. The summed E-state index contributed by atoms with van der Waals surface area (Å²) in [6.07, 6.45) is 2.75. The van der Waals surface area contributed by atoms with Crippen molar-refractivity contribution in [2.24, 2.45) is 0 Å². The van der Waals surface area contributed by atoms with E-state index in [1.165, 1.54) is 6.07 Å². The van der Waals surface area contributed by atoms with Gasteiger partial charge in [-0.25, -0.2) is 8.42 Å². The molecule has 0 aliphatic carbocycles. The van der Waals surface area contributed by atoms with Crippen molar-refractivity contribution in [3.8, 4) is 6.07 Å². The molecule has 2 aromatic rings. The molecule has 0 spiro atoms. The third-order valence-electron chi connectivity index (χ3n) is 2.17. The maximum atomic E-state index is 11.6. The monoisotopic (exact) mass is 220 g/mol. The Balaban J connectivity index is 3.01. The first-order valence-electron chi connectivity index (χ1n) is 4.24. The number of rotatable bonds is 1. The van der Waals surface area contributed by atoms with E-state index in [-0.39, 0.29) is 10.5 Å². The van der Waals surface area contributed by atoms with Crippen molar-refractivity contribution in [3.63, 3.8) is 0 Å². The van der Waals surface area contributed by atoms with Crippen molar-refractivity contribution in [2.45, 2.75) is 4.90 Å². The van der Waals surface area contributed by atoms with Crippen molar-refractivity contribution in [1.29, 1.82) is 5.26 Å². The average Bonchev–Trinajstić information content (AvgIpc) is 2.61. The summed E-state index contributed by atoms with van der Waals surface area (Å²) >= 11 is 0. The second-order valence-electron chi connectivity index (χ2n) is 3.27. The lowest BCUT2D eigenvalue weighted by atomic mass is 10.2. The molecule has 1 aromatic carbocycles. The van der Waals surface area contributed by atoms with Crippen LogP contribution in [0, 0.1) is 11.3 Å². The van der Waals surface area contributed by atoms with E-state index >= 15 is 0 Å². The van der Waals surface area contributed by atoms with Crippen LogP contribution in [0.3, 0.4) is 0 Å². The molecule has 4 nitrogen and oxygen atoms in total. The minimum atomic E-state index is -3.40. The van der Waals surface area contributed by atoms with Gasteiger partial charge in [-0.3, -0.25) is 0 Å². The number of benzene rings is 1. The molecule has 15 heavy (non-hydrogen) atoms. The third kappa shape index (κ3) is 1.49. The maximum absolute atomic E-state index is 11.6. The smallest absolute Gasteiger partial charge is 0.178 e. The Morgan fingerprint density at radius 3 is 2.67 bits per heavy atom. The molecular weight excluding hydrogens is 212 g/mol. The number of aromatic nitrogens is 1. The summed E-state index contributed by atoms with van der Waals surface area (Å²) in [6.45, 7) is 0. The Morgan fingerprint density at radius 2 is 2.07 bits per heavy atom. The molecule has 0 saturated heterocycles. The minimum Gasteiger partial charge on any atom is -0.360 e. The van der Waals surface area contributed by atoms with Crippen molar-refractivity contribution in [2.75, 3.05) is 6.26 Å². The highest BCUT2D eigenvalue weighted by molar-refractivity contribution is 7.91. The molecule has 0 unspecified atom stereocenters. The number of hydrogen-bond acceptors (Lipinski definition) is 3. The van der Waals surface area contributed by atoms with Gasteiger partial charge in [-0.05, 0) is 12.1 Å². The Kier molecular flexibility index (Phi) is 2.02. The van der Waals surface area contributed by atoms with Crippen LogP contribution in [0.4, 0.5) is 0 Å². The molecule has 76 valence electrons. The van der Waals surface area contributed by atoms with Gasteiger partial charge in [0, 0.05) is 17.8 Å². The summed E-state index contributed by atoms with van der Waals surface area (Å²) in [6, 6.07) is 6.90. The van der Waals surface area contributed by atoms with Crippen molar-refractivity contribution >= 4 is 20.7 Å². The number of nitrogens with one attached hydrogen (secondary N) is 1. The van der Waals surface area contributed by atoms with Gasteiger partial charge in [0.25, 0.3) is 0 Å². The first-order chi connectivity index (χ1) is 7.04. The van der Waals surface area contributed by atoms with Crippen molar-refractivity contribution in [3.05, 3.63) is 30.0 Å². The zero-order chi connectivity index (χ0) is 11.1. The maximum Gasteiger partial charge on any atom is 0.178 e. The number of fused-ring (bicyclic) bond motifs is 1. The molecule has 0 aliphatic heterocycles. The fraction of sp³-hybridized carbons (Fsp3) is 0.100. The molecule has 0 amide bonds. The van der Waals surface area contributed by atoms with Gasteiger partial charge in [-0.15, -0.1) is 0 Å². The predicted molar refractivity (Wildman–Crippen MR) is 56.1 cm³/mol. The second-order valence-corrected chi connectivity index (χ2v) is 5.22. The standard InChI is InChI=1S/C10H8N2O2S/c1-15(13,14)10-8(6-11)3-2-7-4-5-12-9(7)10/h2-5,12H,1H3. The summed E-state index contributed by atoms with van der Waals surface area (Å²) in [5, 5.41) is 9.64. The molecule has 2 rings (SSSR count). The number of hydrogen-bond donors (Lipinski definition) is 1. The average molecular weight is 220 g/mol. The Labute approximate surface area is 87.1 Å². The van der Waals surface area contributed by atoms with Crippen LogP contribution in [0.5, 0.6) is 0 Å². The summed E-state index contributed by atoms with van der Waals surface area (Å²) in [5.74, 6) is 0. The summed E-state index contributed by atoms with van der Waals surface area (Å²) in [5.41, 5.74) is 0.670. The van der Waals surface area contributed by atoms with E-state index in [1.807, 2.05) is 6.07 Å².